The molecule has 0 heterocycles. The van der Waals surface area contributed by atoms with Gasteiger partial charge in [-0.25, -0.2) is 0 Å². The minimum Gasteiger partial charge on any atom is -0.330 e. The summed E-state index contributed by atoms with van der Waals surface area (Å²) in [4.78, 5) is 20.0. The molecule has 0 fully saturated rings. The highest BCUT2D eigenvalue weighted by Crippen LogP contribution is 1.81. The van der Waals surface area contributed by atoms with Gasteiger partial charge in [0.25, 0.3) is 0 Å². The first-order valence-electron chi connectivity index (χ1n) is 2.56. The van der Waals surface area contributed by atoms with Gasteiger partial charge in [0, 0.05) is 12.6 Å². The molecule has 0 radical (unpaired) electrons. The molecule has 0 atom stereocenters. The summed E-state index contributed by atoms with van der Waals surface area (Å²) < 4.78 is 0. The maximum atomic E-state index is 10.3. The highest BCUT2D eigenvalue weighted by molar-refractivity contribution is 5.76. The van der Waals surface area contributed by atoms with Gasteiger partial charge < -0.3 is 5.32 Å². The van der Waals surface area contributed by atoms with Gasteiger partial charge in [-0.2, -0.15) is 0 Å². The molecule has 1 amide bonds. The van der Waals surface area contributed by atoms with E-state index in [1.165, 1.54) is 13.0 Å². The Balaban J connectivity index is 3.75. The zero-order chi connectivity index (χ0) is 7.28. The van der Waals surface area contributed by atoms with E-state index < -0.39 is 0 Å². The van der Waals surface area contributed by atoms with Crippen LogP contribution < -0.4 is 5.32 Å². The maximum Gasteiger partial charge on any atom is 0.220 e. The van der Waals surface area contributed by atoms with Crippen molar-refractivity contribution < 1.29 is 9.59 Å². The molecule has 3 nitrogen and oxygen atoms in total. The van der Waals surface area contributed by atoms with Crippen molar-refractivity contribution in [1.29, 1.82) is 0 Å². The smallest absolute Gasteiger partial charge is 0.220 e. The topological polar surface area (TPSA) is 46.2 Å². The van der Waals surface area contributed by atoms with Gasteiger partial charge in [-0.3, -0.25) is 9.59 Å². The minimum atomic E-state index is -0.161. The molecule has 1 N–H and O–H groups in total. The molecule has 0 aromatic heterocycles. The van der Waals surface area contributed by atoms with Gasteiger partial charge in [0.15, 0.2) is 0 Å². The second kappa shape index (κ2) is 3.83. The molecule has 9 heavy (non-hydrogen) atoms. The largest absolute Gasteiger partial charge is 0.330 e. The molecule has 0 saturated carbocycles. The Labute approximate surface area is 53.7 Å². The first kappa shape index (κ1) is 7.88. The number of allylic oxidation sites excluding steroid dienone is 2. The predicted molar refractivity (Wildman–Crippen MR) is 33.6 cm³/mol. The van der Waals surface area contributed by atoms with Gasteiger partial charge in [0.05, 0.1) is 0 Å². The number of rotatable bonds is 2. The Kier molecular flexibility index (Phi) is 3.35. The molecule has 0 aliphatic rings. The van der Waals surface area contributed by atoms with Gasteiger partial charge in [0.2, 0.25) is 5.91 Å². The van der Waals surface area contributed by atoms with Gasteiger partial charge in [-0.1, -0.05) is 0 Å². The maximum absolute atomic E-state index is 10.3. The number of carbonyl (C=O) groups excluding carboxylic acids is 2. The molecule has 0 unspecified atom stereocenters. The summed E-state index contributed by atoms with van der Waals surface area (Å²) in [5, 5.41) is 2.43. The van der Waals surface area contributed by atoms with Crippen molar-refractivity contribution in [1.82, 2.24) is 5.32 Å². The molecule has 0 aromatic carbocycles. The van der Waals surface area contributed by atoms with Crippen LogP contribution in [0.15, 0.2) is 11.8 Å². The second-order valence-electron chi connectivity index (χ2n) is 1.67. The van der Waals surface area contributed by atoms with E-state index in [1.807, 2.05) is 0 Å². The van der Waals surface area contributed by atoms with E-state index in [-0.39, 0.29) is 5.91 Å². The lowest BCUT2D eigenvalue weighted by Crippen LogP contribution is -2.16. The molecule has 0 aliphatic carbocycles. The molecule has 3 heteroatoms. The van der Waals surface area contributed by atoms with Gasteiger partial charge in [-0.05, 0) is 13.0 Å². The van der Waals surface area contributed by atoms with Crippen LogP contribution in [0.3, 0.4) is 0 Å². The molecule has 0 saturated heterocycles. The highest BCUT2D eigenvalue weighted by atomic mass is 16.1. The quantitative estimate of drug-likeness (QED) is 0.426. The molecule has 0 aliphatic heterocycles. The fourth-order valence-electron chi connectivity index (χ4n) is 0.421. The molecule has 0 aromatic rings. The molecule has 0 rings (SSSR count). The first-order valence-corrected chi connectivity index (χ1v) is 2.56. The first-order chi connectivity index (χ1) is 4.16. The lowest BCUT2D eigenvalue weighted by molar-refractivity contribution is -0.118. The number of nitrogens with one attached hydrogen (secondary N) is 1. The van der Waals surface area contributed by atoms with Crippen molar-refractivity contribution >= 4 is 12.2 Å². The third-order valence-corrected chi connectivity index (χ3v) is 0.691. The number of hydrogen-bond acceptors (Lipinski definition) is 2. The lowest BCUT2D eigenvalue weighted by Gasteiger charge is -1.96. The van der Waals surface area contributed by atoms with Crippen molar-refractivity contribution in [2.75, 3.05) is 0 Å². The van der Waals surface area contributed by atoms with Crippen LogP contribution in [0, 0.1) is 0 Å². The van der Waals surface area contributed by atoms with Crippen molar-refractivity contribution in [3.63, 3.8) is 0 Å². The SMILES string of the molecule is CC(=O)N/C(C)=C\C=O. The summed E-state index contributed by atoms with van der Waals surface area (Å²) in [5.74, 6) is -0.161. The summed E-state index contributed by atoms with van der Waals surface area (Å²) in [6, 6.07) is 0. The second-order valence-corrected chi connectivity index (χ2v) is 1.67. The Morgan fingerprint density at radius 3 is 2.33 bits per heavy atom. The van der Waals surface area contributed by atoms with Crippen LogP contribution in [-0.4, -0.2) is 12.2 Å². The average Bonchev–Trinajstić information content (AvgIpc) is 1.63. The van der Waals surface area contributed by atoms with Crippen LogP contribution in [0.25, 0.3) is 0 Å². The molecular weight excluding hydrogens is 118 g/mol. The molecule has 50 valence electrons. The monoisotopic (exact) mass is 127 g/mol. The van der Waals surface area contributed by atoms with Gasteiger partial charge in [0.1, 0.15) is 6.29 Å². The number of aldehydes is 1. The van der Waals surface area contributed by atoms with Crippen LogP contribution in [0.2, 0.25) is 0 Å². The van der Waals surface area contributed by atoms with Crippen LogP contribution >= 0.6 is 0 Å². The molecule has 0 bridgehead atoms. The van der Waals surface area contributed by atoms with Crippen molar-refractivity contribution in [3.05, 3.63) is 11.8 Å². The Bertz CT molecular complexity index is 149. The summed E-state index contributed by atoms with van der Waals surface area (Å²) in [6.07, 6.45) is 1.92. The third-order valence-electron chi connectivity index (χ3n) is 0.691. The van der Waals surface area contributed by atoms with E-state index in [0.717, 1.165) is 0 Å². The fourth-order valence-corrected chi connectivity index (χ4v) is 0.421. The van der Waals surface area contributed by atoms with E-state index in [2.05, 4.69) is 5.32 Å². The van der Waals surface area contributed by atoms with Crippen LogP contribution in [0.1, 0.15) is 13.8 Å². The standard InChI is InChI=1S/C6H9NO2/c1-5(3-4-8)7-6(2)9/h3-4H,1-2H3,(H,7,9)/b5-3-. The summed E-state index contributed by atoms with van der Waals surface area (Å²) >= 11 is 0. The Hall–Kier alpha value is -1.12. The fraction of sp³-hybridized carbons (Fsp3) is 0.333. The summed E-state index contributed by atoms with van der Waals surface area (Å²) in [5.41, 5.74) is 0.567. The van der Waals surface area contributed by atoms with Crippen LogP contribution in [-0.2, 0) is 9.59 Å². The summed E-state index contributed by atoms with van der Waals surface area (Å²) in [6.45, 7) is 3.04. The van der Waals surface area contributed by atoms with E-state index in [1.54, 1.807) is 6.92 Å². The van der Waals surface area contributed by atoms with Crippen molar-refractivity contribution in [2.45, 2.75) is 13.8 Å². The zero-order valence-electron chi connectivity index (χ0n) is 5.47. The van der Waals surface area contributed by atoms with E-state index >= 15 is 0 Å². The van der Waals surface area contributed by atoms with E-state index in [9.17, 15) is 9.59 Å². The molecule has 0 spiro atoms. The van der Waals surface area contributed by atoms with Crippen LogP contribution in [0.4, 0.5) is 0 Å². The van der Waals surface area contributed by atoms with Gasteiger partial charge in [-0.15, -0.1) is 0 Å². The number of amides is 1. The Morgan fingerprint density at radius 1 is 1.44 bits per heavy atom. The Morgan fingerprint density at radius 2 is 2.00 bits per heavy atom. The number of carbonyl (C=O) groups is 2. The average molecular weight is 127 g/mol. The van der Waals surface area contributed by atoms with E-state index in [0.29, 0.717) is 12.0 Å². The number of hydrogen-bond donors (Lipinski definition) is 1. The molecular formula is C6H9NO2. The predicted octanol–water partition coefficient (Wildman–Crippen LogP) is 0.225. The summed E-state index contributed by atoms with van der Waals surface area (Å²) in [7, 11) is 0. The lowest BCUT2D eigenvalue weighted by atomic mass is 10.4. The van der Waals surface area contributed by atoms with Crippen molar-refractivity contribution in [3.8, 4) is 0 Å². The van der Waals surface area contributed by atoms with Crippen molar-refractivity contribution in [2.24, 2.45) is 0 Å². The van der Waals surface area contributed by atoms with Crippen LogP contribution in [0.5, 0.6) is 0 Å². The zero-order valence-corrected chi connectivity index (χ0v) is 5.47. The minimum absolute atomic E-state index is 0.161. The third kappa shape index (κ3) is 4.74. The van der Waals surface area contributed by atoms with Gasteiger partial charge >= 0.3 is 0 Å². The highest BCUT2D eigenvalue weighted by Gasteiger charge is 1.88. The van der Waals surface area contributed by atoms with E-state index in [4.69, 9.17) is 0 Å². The normalized spacial score (nSPS) is 10.7.